The molecule has 1 aromatic rings. The Labute approximate surface area is 227 Å². The van der Waals surface area contributed by atoms with Gasteiger partial charge in [0.2, 0.25) is 17.7 Å². The minimum absolute atomic E-state index is 0.00864. The van der Waals surface area contributed by atoms with Crippen molar-refractivity contribution in [1.82, 2.24) is 16.0 Å². The van der Waals surface area contributed by atoms with Crippen molar-refractivity contribution >= 4 is 29.7 Å². The van der Waals surface area contributed by atoms with Gasteiger partial charge in [-0.2, -0.15) is 0 Å². The van der Waals surface area contributed by atoms with Gasteiger partial charge in [-0.1, -0.05) is 32.4 Å². The summed E-state index contributed by atoms with van der Waals surface area (Å²) in [7, 11) is 0. The minimum Gasteiger partial charge on any atom is -0.508 e. The van der Waals surface area contributed by atoms with Crippen LogP contribution in [-0.4, -0.2) is 75.7 Å². The summed E-state index contributed by atoms with van der Waals surface area (Å²) in [6, 6.07) is 1.08. The third-order valence-corrected chi connectivity index (χ3v) is 5.92. The highest BCUT2D eigenvalue weighted by atomic mass is 16.4. The average Bonchev–Trinajstić information content (AvgIpc) is 2.86. The first kappa shape index (κ1) is 33.3. The summed E-state index contributed by atoms with van der Waals surface area (Å²) in [5.74, 6) is -4.73. The number of carboxylic acid groups (broad SMARTS) is 2. The van der Waals surface area contributed by atoms with E-state index in [1.54, 1.807) is 0 Å². The van der Waals surface area contributed by atoms with E-state index in [4.69, 9.17) is 16.6 Å². The summed E-state index contributed by atoms with van der Waals surface area (Å²) in [6.45, 7) is 4.14. The van der Waals surface area contributed by atoms with E-state index in [1.165, 1.54) is 24.3 Å². The third kappa shape index (κ3) is 13.1. The van der Waals surface area contributed by atoms with Crippen molar-refractivity contribution in [3.8, 4) is 5.75 Å². The fourth-order valence-electron chi connectivity index (χ4n) is 3.77. The molecule has 0 saturated heterocycles. The number of rotatable bonds is 18. The zero-order chi connectivity index (χ0) is 29.5. The molecule has 4 unspecified atom stereocenters. The molecule has 3 amide bonds. The number of unbranched alkanes of at least 4 members (excludes halogenated alkanes) is 1. The number of aromatic hydroxyl groups is 1. The highest BCUT2D eigenvalue weighted by Gasteiger charge is 2.31. The largest absolute Gasteiger partial charge is 0.508 e. The fourth-order valence-corrected chi connectivity index (χ4v) is 3.77. The van der Waals surface area contributed by atoms with Gasteiger partial charge in [-0.25, -0.2) is 4.79 Å². The summed E-state index contributed by atoms with van der Waals surface area (Å²) in [6.07, 6.45) is 1.04. The smallest absolute Gasteiger partial charge is 0.326 e. The summed E-state index contributed by atoms with van der Waals surface area (Å²) >= 11 is 0. The Bertz CT molecular complexity index is 970. The van der Waals surface area contributed by atoms with E-state index >= 15 is 0 Å². The second-order valence-corrected chi connectivity index (χ2v) is 9.85. The number of hydrogen-bond acceptors (Lipinski definition) is 8. The lowest BCUT2D eigenvalue weighted by Crippen LogP contribution is -2.57. The lowest BCUT2D eigenvalue weighted by atomic mass is 10.0. The normalized spacial score (nSPS) is 14.1. The Morgan fingerprint density at radius 3 is 1.92 bits per heavy atom. The second-order valence-electron chi connectivity index (χ2n) is 9.85. The summed E-state index contributed by atoms with van der Waals surface area (Å²) in [5, 5.41) is 35.6. The van der Waals surface area contributed by atoms with Gasteiger partial charge in [-0.3, -0.25) is 19.2 Å². The number of nitrogens with two attached hydrogens (primary N) is 2. The van der Waals surface area contributed by atoms with Crippen molar-refractivity contribution in [2.45, 2.75) is 83.0 Å². The molecule has 10 N–H and O–H groups in total. The molecule has 4 atom stereocenters. The molecule has 218 valence electrons. The first-order valence-corrected chi connectivity index (χ1v) is 12.9. The lowest BCUT2D eigenvalue weighted by Gasteiger charge is -2.26. The fraction of sp³-hybridized carbons (Fsp3) is 0.577. The predicted octanol–water partition coefficient (Wildman–Crippen LogP) is -0.159. The van der Waals surface area contributed by atoms with Gasteiger partial charge in [0.15, 0.2) is 0 Å². The summed E-state index contributed by atoms with van der Waals surface area (Å²) in [4.78, 5) is 61.8. The maximum absolute atomic E-state index is 13.1. The van der Waals surface area contributed by atoms with Crippen molar-refractivity contribution in [2.75, 3.05) is 6.54 Å². The molecule has 1 rings (SSSR count). The van der Waals surface area contributed by atoms with Crippen molar-refractivity contribution in [3.05, 3.63) is 29.8 Å². The van der Waals surface area contributed by atoms with Crippen molar-refractivity contribution in [3.63, 3.8) is 0 Å². The molecule has 0 radical (unpaired) electrons. The van der Waals surface area contributed by atoms with Gasteiger partial charge in [0.1, 0.15) is 23.9 Å². The van der Waals surface area contributed by atoms with Gasteiger partial charge >= 0.3 is 11.9 Å². The first-order chi connectivity index (χ1) is 18.3. The number of aliphatic carboxylic acids is 2. The van der Waals surface area contributed by atoms with Crippen LogP contribution in [0.3, 0.4) is 0 Å². The van der Waals surface area contributed by atoms with Crippen LogP contribution in [0.4, 0.5) is 0 Å². The number of phenols is 1. The Morgan fingerprint density at radius 2 is 1.38 bits per heavy atom. The van der Waals surface area contributed by atoms with E-state index in [2.05, 4.69) is 16.0 Å². The van der Waals surface area contributed by atoms with Crippen molar-refractivity contribution < 1.29 is 39.3 Å². The van der Waals surface area contributed by atoms with Gasteiger partial charge in [-0.05, 0) is 55.8 Å². The molecule has 0 aliphatic carbocycles. The maximum atomic E-state index is 13.1. The van der Waals surface area contributed by atoms with Crippen LogP contribution in [0.25, 0.3) is 0 Å². The molecule has 13 heteroatoms. The molecule has 0 saturated carbocycles. The summed E-state index contributed by atoms with van der Waals surface area (Å²) in [5.41, 5.74) is 11.9. The molecule has 0 heterocycles. The molecule has 13 nitrogen and oxygen atoms in total. The van der Waals surface area contributed by atoms with Crippen LogP contribution >= 0.6 is 0 Å². The third-order valence-electron chi connectivity index (χ3n) is 5.92. The molecule has 39 heavy (non-hydrogen) atoms. The molecule has 0 fully saturated rings. The number of benzene rings is 1. The standard InChI is InChI=1S/C26H41N5O8/c1-15(2)13-20(30-23(35)18(28)5-3-4-12-27)25(37)29-19(10-11-22(33)34)24(36)31-21(26(38)39)14-16-6-8-17(32)9-7-16/h6-9,15,18-21,32H,3-5,10-14,27-28H2,1-2H3,(H,29,37)(H,30,35)(H,31,36)(H,33,34)(H,38,39). The quantitative estimate of drug-likeness (QED) is 0.112. The summed E-state index contributed by atoms with van der Waals surface area (Å²) < 4.78 is 0. The Balaban J connectivity index is 3.01. The van der Waals surface area contributed by atoms with Gasteiger partial charge in [-0.15, -0.1) is 0 Å². The van der Waals surface area contributed by atoms with E-state index in [0.717, 1.165) is 0 Å². The minimum atomic E-state index is -1.39. The van der Waals surface area contributed by atoms with Crippen molar-refractivity contribution in [1.29, 1.82) is 0 Å². The number of carbonyl (C=O) groups is 5. The number of carbonyl (C=O) groups excluding carboxylic acids is 3. The first-order valence-electron chi connectivity index (χ1n) is 12.9. The van der Waals surface area contributed by atoms with Crippen LogP contribution in [-0.2, 0) is 30.4 Å². The molecule has 0 aliphatic heterocycles. The number of amides is 3. The Morgan fingerprint density at radius 1 is 0.821 bits per heavy atom. The SMILES string of the molecule is CC(C)CC(NC(=O)C(N)CCCCN)C(=O)NC(CCC(=O)O)C(=O)NC(Cc1ccc(O)cc1)C(=O)O. The molecule has 0 spiro atoms. The molecular formula is C26H41N5O8. The zero-order valence-corrected chi connectivity index (χ0v) is 22.4. The lowest BCUT2D eigenvalue weighted by molar-refractivity contribution is -0.143. The molecule has 1 aromatic carbocycles. The van der Waals surface area contributed by atoms with Gasteiger partial charge < -0.3 is 42.7 Å². The van der Waals surface area contributed by atoms with Gasteiger partial charge in [0, 0.05) is 12.8 Å². The second kappa shape index (κ2) is 17.0. The van der Waals surface area contributed by atoms with Crippen LogP contribution < -0.4 is 27.4 Å². The molecule has 0 aromatic heterocycles. The molecular weight excluding hydrogens is 510 g/mol. The highest BCUT2D eigenvalue weighted by Crippen LogP contribution is 2.12. The van der Waals surface area contributed by atoms with E-state index in [-0.39, 0.29) is 30.9 Å². The Kier molecular flexibility index (Phi) is 14.5. The van der Waals surface area contributed by atoms with Crippen LogP contribution in [0.5, 0.6) is 5.75 Å². The number of carboxylic acids is 2. The number of hydrogen-bond donors (Lipinski definition) is 8. The topological polar surface area (TPSA) is 234 Å². The van der Waals surface area contributed by atoms with Crippen LogP contribution in [0, 0.1) is 5.92 Å². The van der Waals surface area contributed by atoms with E-state index in [9.17, 15) is 34.2 Å². The van der Waals surface area contributed by atoms with Crippen LogP contribution in [0.2, 0.25) is 0 Å². The predicted molar refractivity (Wildman–Crippen MR) is 142 cm³/mol. The van der Waals surface area contributed by atoms with Gasteiger partial charge in [0.25, 0.3) is 0 Å². The van der Waals surface area contributed by atoms with Gasteiger partial charge in [0.05, 0.1) is 6.04 Å². The van der Waals surface area contributed by atoms with Crippen molar-refractivity contribution in [2.24, 2.45) is 17.4 Å². The highest BCUT2D eigenvalue weighted by molar-refractivity contribution is 5.94. The van der Waals surface area contributed by atoms with E-state index < -0.39 is 60.2 Å². The Hall–Kier alpha value is -3.71. The monoisotopic (exact) mass is 551 g/mol. The van der Waals surface area contributed by atoms with E-state index in [1.807, 2.05) is 13.8 Å². The number of phenolic OH excluding ortho intramolecular Hbond substituents is 1. The average molecular weight is 552 g/mol. The van der Waals surface area contributed by atoms with E-state index in [0.29, 0.717) is 31.4 Å². The van der Waals surface area contributed by atoms with Crippen LogP contribution in [0.1, 0.15) is 57.9 Å². The zero-order valence-electron chi connectivity index (χ0n) is 22.4. The van der Waals surface area contributed by atoms with Crippen LogP contribution in [0.15, 0.2) is 24.3 Å². The number of nitrogens with one attached hydrogen (secondary N) is 3. The maximum Gasteiger partial charge on any atom is 0.326 e. The molecule has 0 aliphatic rings. The molecule has 0 bridgehead atoms.